The second-order valence-corrected chi connectivity index (χ2v) is 6.47. The van der Waals surface area contributed by atoms with Crippen LogP contribution in [0.5, 0.6) is 11.5 Å². The van der Waals surface area contributed by atoms with Gasteiger partial charge in [-0.3, -0.25) is 5.41 Å². The topological polar surface area (TPSA) is 54.3 Å². The Bertz CT molecular complexity index is 898. The summed E-state index contributed by atoms with van der Waals surface area (Å²) in [6.45, 7) is 0.456. The molecule has 2 N–H and O–H groups in total. The second-order valence-electron chi connectivity index (χ2n) is 5.62. The quantitative estimate of drug-likeness (QED) is 0.418. The first-order chi connectivity index (χ1) is 12.7. The fourth-order valence-electron chi connectivity index (χ4n) is 2.48. The fourth-order valence-corrected chi connectivity index (χ4v) is 2.89. The lowest BCUT2D eigenvalue weighted by atomic mass is 10.1. The average Bonchev–Trinajstić information content (AvgIpc) is 2.69. The van der Waals surface area contributed by atoms with Crippen molar-refractivity contribution in [2.24, 2.45) is 0 Å². The van der Waals surface area contributed by atoms with Crippen LogP contribution in [0.1, 0.15) is 11.1 Å². The van der Waals surface area contributed by atoms with Gasteiger partial charge in [-0.1, -0.05) is 42.5 Å². The van der Waals surface area contributed by atoms with E-state index in [1.54, 1.807) is 7.11 Å². The minimum Gasteiger partial charge on any atom is -0.495 e. The number of methoxy groups -OCH3 is 1. The summed E-state index contributed by atoms with van der Waals surface area (Å²) in [6, 6.07) is 23.1. The van der Waals surface area contributed by atoms with E-state index in [0.717, 1.165) is 15.7 Å². The van der Waals surface area contributed by atoms with Crippen LogP contribution in [0.25, 0.3) is 0 Å². The van der Waals surface area contributed by atoms with E-state index < -0.39 is 0 Å². The van der Waals surface area contributed by atoms with Gasteiger partial charge in [0.15, 0.2) is 0 Å². The van der Waals surface area contributed by atoms with Gasteiger partial charge in [0, 0.05) is 11.8 Å². The lowest BCUT2D eigenvalue weighted by Crippen LogP contribution is -2.13. The molecule has 0 aromatic heterocycles. The lowest BCUT2D eigenvalue weighted by molar-refractivity contribution is 0.305. The van der Waals surface area contributed by atoms with Crippen LogP contribution in [0, 0.1) is 5.41 Å². The van der Waals surface area contributed by atoms with Crippen LogP contribution in [0.3, 0.4) is 0 Å². The summed E-state index contributed by atoms with van der Waals surface area (Å²) in [5.41, 5.74) is 2.55. The monoisotopic (exact) mass is 410 g/mol. The highest BCUT2D eigenvalue weighted by Crippen LogP contribution is 2.28. The lowest BCUT2D eigenvalue weighted by Gasteiger charge is -2.14. The molecule has 5 heteroatoms. The molecule has 0 bridgehead atoms. The van der Waals surface area contributed by atoms with Gasteiger partial charge in [0.2, 0.25) is 0 Å². The van der Waals surface area contributed by atoms with Crippen molar-refractivity contribution in [3.8, 4) is 11.5 Å². The third-order valence-electron chi connectivity index (χ3n) is 3.81. The molecule has 3 rings (SSSR count). The number of hydrogen-bond donors (Lipinski definition) is 2. The van der Waals surface area contributed by atoms with Crippen molar-refractivity contribution < 1.29 is 9.47 Å². The third-order valence-corrected chi connectivity index (χ3v) is 4.47. The van der Waals surface area contributed by atoms with Gasteiger partial charge in [0.05, 0.1) is 17.1 Å². The minimum absolute atomic E-state index is 0.262. The maximum absolute atomic E-state index is 8.43. The van der Waals surface area contributed by atoms with Crippen molar-refractivity contribution in [1.82, 2.24) is 0 Å². The maximum atomic E-state index is 8.43. The molecule has 26 heavy (non-hydrogen) atoms. The van der Waals surface area contributed by atoms with Crippen molar-refractivity contribution in [3.05, 3.63) is 88.4 Å². The summed E-state index contributed by atoms with van der Waals surface area (Å²) < 4.78 is 12.1. The zero-order valence-electron chi connectivity index (χ0n) is 14.3. The number of anilines is 1. The molecule has 0 aliphatic rings. The van der Waals surface area contributed by atoms with Gasteiger partial charge >= 0.3 is 0 Å². The number of nitrogens with one attached hydrogen (secondary N) is 2. The van der Waals surface area contributed by atoms with Crippen LogP contribution >= 0.6 is 15.9 Å². The van der Waals surface area contributed by atoms with Crippen molar-refractivity contribution in [1.29, 1.82) is 5.41 Å². The minimum atomic E-state index is 0.262. The molecule has 0 amide bonds. The molecule has 4 nitrogen and oxygen atoms in total. The normalized spacial score (nSPS) is 10.2. The van der Waals surface area contributed by atoms with E-state index in [2.05, 4.69) is 21.2 Å². The molecule has 0 atom stereocenters. The molecule has 3 aromatic carbocycles. The molecule has 0 heterocycles. The predicted octanol–water partition coefficient (Wildman–Crippen LogP) is 5.47. The summed E-state index contributed by atoms with van der Waals surface area (Å²) in [6.07, 6.45) is 0. The average molecular weight is 411 g/mol. The first-order valence-electron chi connectivity index (χ1n) is 8.12. The molecular weight excluding hydrogens is 392 g/mol. The van der Waals surface area contributed by atoms with Crippen molar-refractivity contribution >= 4 is 27.5 Å². The summed E-state index contributed by atoms with van der Waals surface area (Å²) in [4.78, 5) is 0. The number of rotatable bonds is 6. The van der Waals surface area contributed by atoms with Crippen LogP contribution in [0.2, 0.25) is 0 Å². The Morgan fingerprint density at radius 2 is 1.69 bits per heavy atom. The highest BCUT2D eigenvalue weighted by molar-refractivity contribution is 9.10. The Morgan fingerprint density at radius 3 is 2.46 bits per heavy atom. The second kappa shape index (κ2) is 8.54. The van der Waals surface area contributed by atoms with Crippen LogP contribution < -0.4 is 14.8 Å². The zero-order chi connectivity index (χ0) is 18.4. The highest BCUT2D eigenvalue weighted by atomic mass is 79.9. The Balaban J connectivity index is 1.75. The molecule has 0 aliphatic heterocycles. The first-order valence-corrected chi connectivity index (χ1v) is 8.92. The fraction of sp³-hybridized carbons (Fsp3) is 0.0952. The van der Waals surface area contributed by atoms with E-state index >= 15 is 0 Å². The van der Waals surface area contributed by atoms with E-state index in [1.807, 2.05) is 72.8 Å². The van der Waals surface area contributed by atoms with Gasteiger partial charge < -0.3 is 14.8 Å². The van der Waals surface area contributed by atoms with Gasteiger partial charge in [-0.15, -0.1) is 0 Å². The smallest absolute Gasteiger partial charge is 0.135 e. The van der Waals surface area contributed by atoms with Crippen molar-refractivity contribution in [2.45, 2.75) is 6.61 Å². The van der Waals surface area contributed by atoms with Crippen LogP contribution in [-0.2, 0) is 6.61 Å². The Kier molecular flexibility index (Phi) is 5.92. The maximum Gasteiger partial charge on any atom is 0.135 e. The molecule has 0 unspecified atom stereocenters. The first kappa shape index (κ1) is 18.0. The van der Waals surface area contributed by atoms with Crippen LogP contribution in [0.15, 0.2) is 77.3 Å². The largest absolute Gasteiger partial charge is 0.495 e. The summed E-state index contributed by atoms with van der Waals surface area (Å²) in [7, 11) is 1.61. The number of amidine groups is 1. The number of hydrogen-bond acceptors (Lipinski definition) is 3. The molecular formula is C21H19BrN2O2. The predicted molar refractivity (Wildman–Crippen MR) is 108 cm³/mol. The molecule has 0 saturated heterocycles. The summed E-state index contributed by atoms with van der Waals surface area (Å²) in [5, 5.41) is 11.5. The van der Waals surface area contributed by atoms with Gasteiger partial charge in [-0.2, -0.15) is 0 Å². The Labute approximate surface area is 161 Å². The number of halogens is 1. The van der Waals surface area contributed by atoms with Crippen molar-refractivity contribution in [2.75, 3.05) is 12.4 Å². The molecule has 132 valence electrons. The summed E-state index contributed by atoms with van der Waals surface area (Å²) in [5.74, 6) is 1.63. The standard InChI is InChI=1S/C21H19BrN2O2/c1-25-20-13-16(11-12-18(20)22)24-21(23)17-9-5-6-10-19(17)26-14-15-7-3-2-4-8-15/h2-13H,14H2,1H3,(H2,23,24). The zero-order valence-corrected chi connectivity index (χ0v) is 15.9. The molecule has 3 aromatic rings. The van der Waals surface area contributed by atoms with Gasteiger partial charge in [-0.25, -0.2) is 0 Å². The SMILES string of the molecule is COc1cc(NC(=N)c2ccccc2OCc2ccccc2)ccc1Br. The Hall–Kier alpha value is -2.79. The van der Waals surface area contributed by atoms with Crippen LogP contribution in [0.4, 0.5) is 5.69 Å². The van der Waals surface area contributed by atoms with E-state index in [0.29, 0.717) is 23.7 Å². The number of ether oxygens (including phenoxy) is 2. The van der Waals surface area contributed by atoms with E-state index in [4.69, 9.17) is 14.9 Å². The third kappa shape index (κ3) is 4.43. The van der Waals surface area contributed by atoms with Crippen LogP contribution in [-0.4, -0.2) is 12.9 Å². The number of para-hydroxylation sites is 1. The van der Waals surface area contributed by atoms with Gasteiger partial charge in [0.25, 0.3) is 0 Å². The molecule has 0 spiro atoms. The summed E-state index contributed by atoms with van der Waals surface area (Å²) >= 11 is 3.43. The number of benzene rings is 3. The van der Waals surface area contributed by atoms with E-state index in [-0.39, 0.29) is 5.84 Å². The Morgan fingerprint density at radius 1 is 0.962 bits per heavy atom. The molecule has 0 radical (unpaired) electrons. The van der Waals surface area contributed by atoms with Crippen molar-refractivity contribution in [3.63, 3.8) is 0 Å². The van der Waals surface area contributed by atoms with Gasteiger partial charge in [0.1, 0.15) is 23.9 Å². The van der Waals surface area contributed by atoms with Gasteiger partial charge in [-0.05, 0) is 45.8 Å². The van der Waals surface area contributed by atoms with E-state index in [1.165, 1.54) is 0 Å². The highest BCUT2D eigenvalue weighted by Gasteiger charge is 2.10. The van der Waals surface area contributed by atoms with E-state index in [9.17, 15) is 0 Å². The molecule has 0 saturated carbocycles. The molecule has 0 fully saturated rings. The molecule has 0 aliphatic carbocycles.